The molecule has 4 nitrogen and oxygen atoms in total. The topological polar surface area (TPSA) is 58.2 Å². The molecule has 0 atom stereocenters. The van der Waals surface area contributed by atoms with E-state index >= 15 is 0 Å². The molecule has 0 aliphatic rings. The molecule has 0 bridgehead atoms. The number of hydrogen-bond donors (Lipinski definition) is 2. The zero-order valence-electron chi connectivity index (χ0n) is 15.3. The van der Waals surface area contributed by atoms with Crippen molar-refractivity contribution in [2.45, 2.75) is 46.2 Å². The molecular weight excluding hydrogens is 377 g/mol. The lowest BCUT2D eigenvalue weighted by atomic mass is 10.1. The lowest BCUT2D eigenvalue weighted by Crippen LogP contribution is -2.16. The maximum Gasteiger partial charge on any atom is 0.418 e. The van der Waals surface area contributed by atoms with E-state index in [4.69, 9.17) is 0 Å². The average Bonchev–Trinajstić information content (AvgIpc) is 2.98. The number of carbonyl (C=O) groups is 2. The first kappa shape index (κ1) is 21.0. The molecule has 1 heterocycles. The van der Waals surface area contributed by atoms with Crippen molar-refractivity contribution in [2.75, 3.05) is 10.6 Å². The maximum absolute atomic E-state index is 13.4. The second kappa shape index (κ2) is 8.56. The van der Waals surface area contributed by atoms with Crippen LogP contribution >= 0.6 is 11.3 Å². The highest BCUT2D eigenvalue weighted by molar-refractivity contribution is 7.14. The van der Waals surface area contributed by atoms with Crippen molar-refractivity contribution in [3.05, 3.63) is 45.1 Å². The fourth-order valence-corrected chi connectivity index (χ4v) is 3.92. The molecule has 1 aromatic carbocycles. The van der Waals surface area contributed by atoms with Crippen molar-refractivity contribution in [2.24, 2.45) is 0 Å². The van der Waals surface area contributed by atoms with Gasteiger partial charge < -0.3 is 10.6 Å². The Morgan fingerprint density at radius 3 is 2.37 bits per heavy atom. The van der Waals surface area contributed by atoms with E-state index in [-0.39, 0.29) is 11.4 Å². The zero-order valence-corrected chi connectivity index (χ0v) is 16.1. The van der Waals surface area contributed by atoms with Gasteiger partial charge in [-0.2, -0.15) is 13.2 Å². The molecule has 8 heteroatoms. The van der Waals surface area contributed by atoms with Gasteiger partial charge in [-0.15, -0.1) is 11.3 Å². The lowest BCUT2D eigenvalue weighted by molar-refractivity contribution is -0.137. The number of hydrogen-bond acceptors (Lipinski definition) is 3. The van der Waals surface area contributed by atoms with Crippen LogP contribution in [-0.2, 0) is 23.8 Å². The monoisotopic (exact) mass is 398 g/mol. The van der Waals surface area contributed by atoms with E-state index in [0.717, 1.165) is 41.8 Å². The highest BCUT2D eigenvalue weighted by Crippen LogP contribution is 2.37. The molecule has 0 spiro atoms. The first-order valence-corrected chi connectivity index (χ1v) is 9.39. The average molecular weight is 398 g/mol. The molecule has 1 aromatic heterocycles. The van der Waals surface area contributed by atoms with Gasteiger partial charge in [-0.1, -0.05) is 20.3 Å². The first-order chi connectivity index (χ1) is 12.7. The molecule has 146 valence electrons. The third-order valence-corrected chi connectivity index (χ3v) is 5.11. The minimum absolute atomic E-state index is 0.0162. The maximum atomic E-state index is 13.4. The van der Waals surface area contributed by atoms with E-state index in [9.17, 15) is 22.8 Å². The van der Waals surface area contributed by atoms with Gasteiger partial charge in [-0.05, 0) is 42.7 Å². The number of rotatable bonds is 6. The summed E-state index contributed by atoms with van der Waals surface area (Å²) in [6.07, 6.45) is -2.15. The standard InChI is InChI=1S/C19H21F3N2O2S/c1-4-6-16-12(5-2)9-17(27-16)18(26)24-15-8-7-13(23-11(3)25)10-14(15)19(20,21)22/h7-10H,4-6H2,1-3H3,(H,23,25)(H,24,26). The predicted octanol–water partition coefficient (Wildman–Crippen LogP) is 5.49. The van der Waals surface area contributed by atoms with Crippen LogP contribution in [0.25, 0.3) is 0 Å². The summed E-state index contributed by atoms with van der Waals surface area (Å²) in [5.41, 5.74) is -0.292. The molecule has 2 amide bonds. The van der Waals surface area contributed by atoms with Gasteiger partial charge in [0, 0.05) is 17.5 Å². The molecule has 2 rings (SSSR count). The van der Waals surface area contributed by atoms with Crippen molar-refractivity contribution in [1.29, 1.82) is 0 Å². The zero-order chi connectivity index (χ0) is 20.2. The first-order valence-electron chi connectivity index (χ1n) is 8.57. The number of halogens is 3. The minimum atomic E-state index is -4.67. The Morgan fingerprint density at radius 2 is 1.81 bits per heavy atom. The second-order valence-electron chi connectivity index (χ2n) is 6.06. The summed E-state index contributed by atoms with van der Waals surface area (Å²) < 4.78 is 40.1. The number of nitrogens with one attached hydrogen (secondary N) is 2. The summed E-state index contributed by atoms with van der Waals surface area (Å²) in [7, 11) is 0. The Labute approximate surface area is 159 Å². The third kappa shape index (κ3) is 5.32. The Balaban J connectivity index is 2.33. The summed E-state index contributed by atoms with van der Waals surface area (Å²) in [5, 5.41) is 4.67. The van der Waals surface area contributed by atoms with Crippen LogP contribution in [0.1, 0.15) is 52.9 Å². The molecule has 0 unspecified atom stereocenters. The predicted molar refractivity (Wildman–Crippen MR) is 101 cm³/mol. The fraction of sp³-hybridized carbons (Fsp3) is 0.368. The van der Waals surface area contributed by atoms with Gasteiger partial charge in [0.05, 0.1) is 16.1 Å². The van der Waals surface area contributed by atoms with E-state index in [0.29, 0.717) is 4.88 Å². The van der Waals surface area contributed by atoms with Crippen molar-refractivity contribution in [3.63, 3.8) is 0 Å². The molecule has 0 aliphatic heterocycles. The quantitative estimate of drug-likeness (QED) is 0.676. The highest BCUT2D eigenvalue weighted by Gasteiger charge is 2.34. The number of carbonyl (C=O) groups excluding carboxylic acids is 2. The summed E-state index contributed by atoms with van der Waals surface area (Å²) in [6.45, 7) is 5.22. The van der Waals surface area contributed by atoms with Gasteiger partial charge in [0.1, 0.15) is 0 Å². The van der Waals surface area contributed by atoms with Crippen LogP contribution in [0.15, 0.2) is 24.3 Å². The van der Waals surface area contributed by atoms with Crippen molar-refractivity contribution in [1.82, 2.24) is 0 Å². The van der Waals surface area contributed by atoms with Crippen LogP contribution in [0.4, 0.5) is 24.5 Å². The summed E-state index contributed by atoms with van der Waals surface area (Å²) in [4.78, 5) is 25.0. The van der Waals surface area contributed by atoms with Crippen LogP contribution in [0.3, 0.4) is 0 Å². The Bertz CT molecular complexity index is 844. The van der Waals surface area contributed by atoms with Crippen LogP contribution in [0.5, 0.6) is 0 Å². The molecule has 0 fully saturated rings. The molecule has 2 N–H and O–H groups in total. The van der Waals surface area contributed by atoms with E-state index in [2.05, 4.69) is 10.6 Å². The second-order valence-corrected chi connectivity index (χ2v) is 7.19. The SMILES string of the molecule is CCCc1sc(C(=O)Nc2ccc(NC(C)=O)cc2C(F)(F)F)cc1CC. The van der Waals surface area contributed by atoms with Gasteiger partial charge in [0.25, 0.3) is 5.91 Å². The van der Waals surface area contributed by atoms with Gasteiger partial charge in [0.15, 0.2) is 0 Å². The van der Waals surface area contributed by atoms with Gasteiger partial charge in [-0.25, -0.2) is 0 Å². The van der Waals surface area contributed by atoms with Gasteiger partial charge in [-0.3, -0.25) is 9.59 Å². The molecule has 0 saturated heterocycles. The Morgan fingerprint density at radius 1 is 1.11 bits per heavy atom. The number of thiophene rings is 1. The molecule has 27 heavy (non-hydrogen) atoms. The Hall–Kier alpha value is -2.35. The van der Waals surface area contributed by atoms with Crippen LogP contribution in [0.2, 0.25) is 0 Å². The van der Waals surface area contributed by atoms with E-state index in [1.165, 1.54) is 24.3 Å². The summed E-state index contributed by atoms with van der Waals surface area (Å²) in [6, 6.07) is 5.02. The number of anilines is 2. The van der Waals surface area contributed by atoms with Crippen LogP contribution in [-0.4, -0.2) is 11.8 Å². The summed E-state index contributed by atoms with van der Waals surface area (Å²) in [5.74, 6) is -1.05. The lowest BCUT2D eigenvalue weighted by Gasteiger charge is -2.15. The van der Waals surface area contributed by atoms with Crippen molar-refractivity contribution in [3.8, 4) is 0 Å². The van der Waals surface area contributed by atoms with Crippen LogP contribution < -0.4 is 10.6 Å². The molecule has 2 aromatic rings. The number of aryl methyl sites for hydroxylation is 2. The van der Waals surface area contributed by atoms with E-state index in [1.54, 1.807) is 6.07 Å². The van der Waals surface area contributed by atoms with E-state index in [1.807, 2.05) is 13.8 Å². The van der Waals surface area contributed by atoms with E-state index < -0.39 is 23.6 Å². The number of alkyl halides is 3. The molecular formula is C19H21F3N2O2S. The van der Waals surface area contributed by atoms with Gasteiger partial charge in [0.2, 0.25) is 5.91 Å². The molecule has 0 aliphatic carbocycles. The van der Waals surface area contributed by atoms with Crippen LogP contribution in [0, 0.1) is 0 Å². The molecule has 0 radical (unpaired) electrons. The third-order valence-electron chi connectivity index (χ3n) is 3.87. The fourth-order valence-electron chi connectivity index (χ4n) is 2.67. The largest absolute Gasteiger partial charge is 0.418 e. The minimum Gasteiger partial charge on any atom is -0.326 e. The number of benzene rings is 1. The Kier molecular flexibility index (Phi) is 6.64. The van der Waals surface area contributed by atoms with Crippen molar-refractivity contribution < 1.29 is 22.8 Å². The summed E-state index contributed by atoms with van der Waals surface area (Å²) >= 11 is 1.31. The normalized spacial score (nSPS) is 11.3. The molecule has 0 saturated carbocycles. The number of amides is 2. The van der Waals surface area contributed by atoms with Crippen molar-refractivity contribution >= 4 is 34.5 Å². The smallest absolute Gasteiger partial charge is 0.326 e. The van der Waals surface area contributed by atoms with Gasteiger partial charge >= 0.3 is 6.18 Å². The highest BCUT2D eigenvalue weighted by atomic mass is 32.1.